The van der Waals surface area contributed by atoms with E-state index in [0.29, 0.717) is 56.1 Å². The number of nitrogens with one attached hydrogen (secondary N) is 2. The molecule has 448 valence electrons. The molecule has 2 amide bonds. The van der Waals surface area contributed by atoms with Crippen molar-refractivity contribution >= 4 is 129 Å². The molecule has 6 rings (SSSR count). The second kappa shape index (κ2) is 33.1. The Hall–Kier alpha value is -5.45. The number of anilines is 3. The van der Waals surface area contributed by atoms with Gasteiger partial charge in [0.1, 0.15) is 50.9 Å². The van der Waals surface area contributed by atoms with Crippen molar-refractivity contribution < 1.29 is 64.7 Å². The van der Waals surface area contributed by atoms with E-state index in [1.54, 1.807) is 51.7 Å². The molecule has 0 radical (unpaired) electrons. The Morgan fingerprint density at radius 1 is 0.512 bits per heavy atom. The Kier molecular flexibility index (Phi) is 28.6. The number of hydrogen-bond donors (Lipinski definition) is 4. The molecule has 17 nitrogen and oxygen atoms in total. The molecule has 0 bridgehead atoms. The van der Waals surface area contributed by atoms with Crippen LogP contribution in [0.3, 0.4) is 0 Å². The van der Waals surface area contributed by atoms with Crippen molar-refractivity contribution in [2.24, 2.45) is 0 Å². The van der Waals surface area contributed by atoms with E-state index in [0.717, 1.165) is 46.5 Å². The summed E-state index contributed by atoms with van der Waals surface area (Å²) in [5.74, 6) is 5.43. The van der Waals surface area contributed by atoms with Crippen LogP contribution in [0.1, 0.15) is 76.0 Å². The van der Waals surface area contributed by atoms with Crippen LogP contribution in [0, 0.1) is 0 Å². The fourth-order valence-corrected chi connectivity index (χ4v) is 9.43. The van der Waals surface area contributed by atoms with Gasteiger partial charge in [-0.3, -0.25) is 10.1 Å². The van der Waals surface area contributed by atoms with Gasteiger partial charge in [-0.25, -0.2) is 21.6 Å². The van der Waals surface area contributed by atoms with Crippen LogP contribution in [0.15, 0.2) is 91.0 Å². The van der Waals surface area contributed by atoms with Crippen LogP contribution < -0.4 is 44.8 Å². The summed E-state index contributed by atoms with van der Waals surface area (Å²) in [5.41, 5.74) is 9.87. The van der Waals surface area contributed by atoms with E-state index < -0.39 is 31.1 Å². The lowest BCUT2D eigenvalue weighted by Crippen LogP contribution is -2.18. The van der Waals surface area contributed by atoms with Gasteiger partial charge in [-0.15, -0.1) is 0 Å². The second-order valence-corrected chi connectivity index (χ2v) is 25.8. The van der Waals surface area contributed by atoms with Gasteiger partial charge < -0.3 is 49.3 Å². The van der Waals surface area contributed by atoms with Gasteiger partial charge in [0.05, 0.1) is 69.6 Å². The summed E-state index contributed by atoms with van der Waals surface area (Å²) < 4.78 is 80.7. The smallest absolute Gasteiger partial charge is 0.411 e. The molecule has 6 aromatic carbocycles. The molecule has 0 heterocycles. The Morgan fingerprint density at radius 3 is 1.07 bits per heavy atom. The van der Waals surface area contributed by atoms with Crippen LogP contribution in [0.4, 0.5) is 26.7 Å². The number of benzene rings is 6. The molecule has 26 heteroatoms. The largest absolute Gasteiger partial charge is 0.496 e. The van der Waals surface area contributed by atoms with Crippen molar-refractivity contribution in [3.05, 3.63) is 138 Å². The van der Waals surface area contributed by atoms with Crippen LogP contribution in [-0.4, -0.2) is 92.0 Å². The summed E-state index contributed by atoms with van der Waals surface area (Å²) in [6, 6.07) is 25.6. The zero-order valence-corrected chi connectivity index (χ0v) is 53.4. The molecule has 82 heavy (non-hydrogen) atoms. The van der Waals surface area contributed by atoms with Crippen molar-refractivity contribution in [2.45, 2.75) is 59.3 Å². The number of amides is 2. The predicted octanol–water partition coefficient (Wildman–Crippen LogP) is 16.7. The number of halogens is 7. The number of carbonyl (C=O) groups is 2. The van der Waals surface area contributed by atoms with Gasteiger partial charge >= 0.3 is 11.5 Å². The highest BCUT2D eigenvalue weighted by molar-refractivity contribution is 7.90. The normalized spacial score (nSPS) is 11.0. The number of sulfone groups is 2. The van der Waals surface area contributed by atoms with Crippen LogP contribution in [0.2, 0.25) is 30.1 Å². The average molecular weight is 1320 g/mol. The highest BCUT2D eigenvalue weighted by atomic mass is 35.5. The molecule has 0 aliphatic heterocycles. The van der Waals surface area contributed by atoms with Crippen molar-refractivity contribution in [3.8, 4) is 51.7 Å². The molecule has 6 aromatic rings. The number of aliphatic hydroxyl groups excluding tert-OH is 1. The minimum absolute atomic E-state index is 0.132. The van der Waals surface area contributed by atoms with Gasteiger partial charge in [0, 0.05) is 46.3 Å². The molecule has 0 aliphatic rings. The minimum atomic E-state index is -3.23. The number of hydrogen-bond acceptors (Lipinski definition) is 15. The first-order valence-corrected chi connectivity index (χ1v) is 31.2. The van der Waals surface area contributed by atoms with Crippen molar-refractivity contribution in [3.63, 3.8) is 0 Å². The van der Waals surface area contributed by atoms with Crippen LogP contribution in [0.5, 0.6) is 51.7 Å². The molecule has 0 atom stereocenters. The van der Waals surface area contributed by atoms with Crippen LogP contribution >= 0.6 is 81.2 Å². The number of nitrogen functional groups attached to an aromatic ring is 1. The molecule has 0 fully saturated rings. The Balaban J connectivity index is 0.000000308. The van der Waals surface area contributed by atoms with Crippen LogP contribution in [0.25, 0.3) is 0 Å². The van der Waals surface area contributed by atoms with E-state index in [1.807, 2.05) is 50.2 Å². The standard InChI is InChI=1S/C20H23Cl2NO6S.C17H16Cl3NO3.C16H17Cl2NO2.C3H8O3S/c1-12(2)15-11-14(5-6-18(15)27-3)29-19-16(21)9-13(10-17(19)22)23-20(24)28-7-8-30(4,25)26;1-9(2)12-8-11(4-5-15(12)23-3)24-16-13(18)6-10(7-14(16)19)21-17(20)22;1-9(2)12-8-11(4-5-15(12)20-3)21-16-13(17)6-10(19)7-14(16)18;1-7(5,6)3-2-4/h5-6,9-12H,7-8H2,1-4H3,(H,23,24);4-9H,1-3H3,(H,21,22);4-9H,19H2,1-3H3;4H,2-3H2,1H3. The molecule has 0 aliphatic carbocycles. The van der Waals surface area contributed by atoms with E-state index in [2.05, 4.69) is 38.3 Å². The van der Waals surface area contributed by atoms with Crippen molar-refractivity contribution in [1.29, 1.82) is 0 Å². The monoisotopic (exact) mass is 1310 g/mol. The van der Waals surface area contributed by atoms with Crippen molar-refractivity contribution in [2.75, 3.05) is 74.9 Å². The third-order valence-corrected chi connectivity index (χ3v) is 14.4. The van der Waals surface area contributed by atoms with Gasteiger partial charge in [-0.2, -0.15) is 0 Å². The first-order chi connectivity index (χ1) is 38.3. The molecular formula is C56H64Cl7N3O14S2. The minimum Gasteiger partial charge on any atom is -0.496 e. The Labute approximate surface area is 514 Å². The summed E-state index contributed by atoms with van der Waals surface area (Å²) >= 11 is 42.5. The lowest BCUT2D eigenvalue weighted by molar-refractivity contribution is 0.168. The van der Waals surface area contributed by atoms with Gasteiger partial charge in [0.2, 0.25) is 0 Å². The van der Waals surface area contributed by atoms with E-state index >= 15 is 0 Å². The number of methoxy groups -OCH3 is 3. The molecular weight excluding hydrogens is 1250 g/mol. The quantitative estimate of drug-likeness (QED) is 0.0335. The number of aliphatic hydroxyl groups is 1. The van der Waals surface area contributed by atoms with Crippen LogP contribution in [-0.2, 0) is 24.4 Å². The van der Waals surface area contributed by atoms with Crippen molar-refractivity contribution in [1.82, 2.24) is 0 Å². The summed E-state index contributed by atoms with van der Waals surface area (Å²) in [7, 11) is -1.27. The molecule has 0 saturated carbocycles. The fraction of sp³-hybridized carbons (Fsp3) is 0.321. The Morgan fingerprint density at radius 2 is 0.817 bits per heavy atom. The molecule has 0 unspecified atom stereocenters. The summed E-state index contributed by atoms with van der Waals surface area (Å²) in [6.45, 7) is 11.8. The fourth-order valence-electron chi connectivity index (χ4n) is 6.89. The van der Waals surface area contributed by atoms with Gasteiger partial charge in [-0.1, -0.05) is 111 Å². The maximum Gasteiger partial charge on any atom is 0.411 e. The van der Waals surface area contributed by atoms with E-state index in [9.17, 15) is 26.4 Å². The highest BCUT2D eigenvalue weighted by Gasteiger charge is 2.19. The van der Waals surface area contributed by atoms with Gasteiger partial charge in [-0.05, 0) is 120 Å². The molecule has 5 N–H and O–H groups in total. The summed E-state index contributed by atoms with van der Waals surface area (Å²) in [5, 5.41) is 13.8. The number of rotatable bonds is 19. The second-order valence-electron chi connectivity index (χ2n) is 18.5. The third-order valence-electron chi connectivity index (χ3n) is 10.8. The highest BCUT2D eigenvalue weighted by Crippen LogP contribution is 2.43. The zero-order chi connectivity index (χ0) is 61.8. The third kappa shape index (κ3) is 23.7. The first kappa shape index (κ1) is 70.8. The lowest BCUT2D eigenvalue weighted by Gasteiger charge is -2.16. The SMILES string of the molecule is COc1ccc(Oc2c(Cl)cc(N)cc2Cl)cc1C(C)C.COc1ccc(Oc2c(Cl)cc(NC(=O)Cl)cc2Cl)cc1C(C)C.COc1ccc(Oc2c(Cl)cc(NC(=O)OCCS(C)(=O)=O)cc2Cl)cc1C(C)C.CS(=O)(=O)CCO. The number of ether oxygens (including phenoxy) is 7. The number of carbonyl (C=O) groups excluding carboxylic acids is 2. The lowest BCUT2D eigenvalue weighted by atomic mass is 10.0. The zero-order valence-electron chi connectivity index (χ0n) is 46.5. The summed E-state index contributed by atoms with van der Waals surface area (Å²) in [4.78, 5) is 22.7. The topological polar surface area (TPSA) is 237 Å². The predicted molar refractivity (Wildman–Crippen MR) is 332 cm³/mol. The van der Waals surface area contributed by atoms with Gasteiger partial charge in [0.15, 0.2) is 27.1 Å². The first-order valence-electron chi connectivity index (χ1n) is 24.5. The van der Waals surface area contributed by atoms with E-state index in [1.165, 1.54) is 24.3 Å². The maximum atomic E-state index is 11.8. The molecule has 0 spiro atoms. The summed E-state index contributed by atoms with van der Waals surface area (Å²) in [6.07, 6.45) is 1.32. The van der Waals surface area contributed by atoms with E-state index in [4.69, 9.17) is 125 Å². The van der Waals surface area contributed by atoms with Gasteiger partial charge in [0.25, 0.3) is 0 Å². The number of nitrogens with two attached hydrogens (primary N) is 1. The Bertz CT molecular complexity index is 3320. The molecule has 0 saturated heterocycles. The van der Waals surface area contributed by atoms with E-state index in [-0.39, 0.29) is 68.1 Å². The maximum absolute atomic E-state index is 11.8. The molecule has 0 aromatic heterocycles. The average Bonchev–Trinajstić information content (AvgIpc) is 3.39.